The standard InChI is InChI=1S/C22H20N4O4/c1-14-19(26(28)29)22(30-23-14)18-20(15-8-4-2-5-9-15)24-13-12-17(27)25(24)21(18)16-10-6-3-7-11-16/h2-11,18,20-21H,12-13H2,1H3. The molecule has 3 aromatic rings. The van der Waals surface area contributed by atoms with Crippen LogP contribution in [0.4, 0.5) is 5.69 Å². The van der Waals surface area contributed by atoms with Crippen LogP contribution in [0.5, 0.6) is 0 Å². The van der Waals surface area contributed by atoms with Gasteiger partial charge in [0.2, 0.25) is 11.7 Å². The summed E-state index contributed by atoms with van der Waals surface area (Å²) in [6.07, 6.45) is 0.414. The Hall–Kier alpha value is -3.52. The molecule has 2 aromatic carbocycles. The molecule has 0 bridgehead atoms. The van der Waals surface area contributed by atoms with Crippen LogP contribution in [0.25, 0.3) is 0 Å². The molecule has 30 heavy (non-hydrogen) atoms. The zero-order valence-electron chi connectivity index (χ0n) is 16.3. The second-order valence-electron chi connectivity index (χ2n) is 7.63. The lowest BCUT2D eigenvalue weighted by Gasteiger charge is -2.27. The van der Waals surface area contributed by atoms with E-state index in [4.69, 9.17) is 4.52 Å². The monoisotopic (exact) mass is 404 g/mol. The first-order chi connectivity index (χ1) is 14.6. The Balaban J connectivity index is 1.76. The first-order valence-electron chi connectivity index (χ1n) is 9.87. The Morgan fingerprint density at radius 2 is 1.63 bits per heavy atom. The Labute approximate surface area is 172 Å². The molecular formula is C22H20N4O4. The second kappa shape index (κ2) is 7.07. The molecule has 0 radical (unpaired) electrons. The van der Waals surface area contributed by atoms with Crippen LogP contribution in [0, 0.1) is 17.0 Å². The first-order valence-corrected chi connectivity index (χ1v) is 9.87. The number of nitrogens with zero attached hydrogens (tertiary/aromatic N) is 4. The maximum Gasteiger partial charge on any atom is 0.334 e. The molecule has 3 unspecified atom stereocenters. The SMILES string of the molecule is Cc1noc(C2C(c3ccccc3)N3CCC(=O)N3C2c2ccccc2)c1[N+](=O)[O-]. The van der Waals surface area contributed by atoms with Crippen molar-refractivity contribution in [2.45, 2.75) is 31.3 Å². The number of hydrogen-bond donors (Lipinski definition) is 0. The molecule has 0 N–H and O–H groups in total. The van der Waals surface area contributed by atoms with Crippen LogP contribution in [0.1, 0.15) is 47.0 Å². The molecule has 2 fully saturated rings. The molecule has 0 saturated carbocycles. The van der Waals surface area contributed by atoms with E-state index in [9.17, 15) is 14.9 Å². The average molecular weight is 404 g/mol. The maximum absolute atomic E-state index is 12.9. The summed E-state index contributed by atoms with van der Waals surface area (Å²) in [6, 6.07) is 18.7. The Bertz CT molecular complexity index is 1100. The summed E-state index contributed by atoms with van der Waals surface area (Å²) in [6.45, 7) is 2.13. The topological polar surface area (TPSA) is 92.7 Å². The average Bonchev–Trinajstić information content (AvgIpc) is 3.42. The minimum Gasteiger partial charge on any atom is -0.353 e. The predicted octanol–water partition coefficient (Wildman–Crippen LogP) is 3.92. The molecule has 1 aromatic heterocycles. The summed E-state index contributed by atoms with van der Waals surface area (Å²) in [4.78, 5) is 24.4. The van der Waals surface area contributed by atoms with Gasteiger partial charge in [-0.25, -0.2) is 5.01 Å². The van der Waals surface area contributed by atoms with Crippen LogP contribution < -0.4 is 0 Å². The maximum atomic E-state index is 12.9. The highest BCUT2D eigenvalue weighted by Crippen LogP contribution is 2.57. The van der Waals surface area contributed by atoms with Crippen LogP contribution in [-0.2, 0) is 4.79 Å². The molecule has 0 aliphatic carbocycles. The van der Waals surface area contributed by atoms with Gasteiger partial charge in [-0.1, -0.05) is 65.8 Å². The number of hydrazine groups is 1. The van der Waals surface area contributed by atoms with E-state index in [0.717, 1.165) is 11.1 Å². The minimum absolute atomic E-state index is 0.00572. The third kappa shape index (κ3) is 2.72. The third-order valence-corrected chi connectivity index (χ3v) is 5.98. The van der Waals surface area contributed by atoms with Gasteiger partial charge in [-0.3, -0.25) is 19.9 Å². The molecule has 0 spiro atoms. The van der Waals surface area contributed by atoms with Gasteiger partial charge in [-0.2, -0.15) is 0 Å². The van der Waals surface area contributed by atoms with Gasteiger partial charge in [-0.15, -0.1) is 0 Å². The van der Waals surface area contributed by atoms with Gasteiger partial charge in [0.25, 0.3) is 0 Å². The summed E-state index contributed by atoms with van der Waals surface area (Å²) >= 11 is 0. The summed E-state index contributed by atoms with van der Waals surface area (Å²) in [5.41, 5.74) is 2.01. The lowest BCUT2D eigenvalue weighted by molar-refractivity contribution is -0.386. The molecule has 152 valence electrons. The van der Waals surface area contributed by atoms with Crippen molar-refractivity contribution in [3.8, 4) is 0 Å². The summed E-state index contributed by atoms with van der Waals surface area (Å²) in [5, 5.41) is 19.6. The van der Waals surface area contributed by atoms with E-state index in [-0.39, 0.29) is 29.1 Å². The molecule has 5 rings (SSSR count). The number of hydrogen-bond acceptors (Lipinski definition) is 6. The van der Waals surface area contributed by atoms with Crippen molar-refractivity contribution in [2.75, 3.05) is 6.54 Å². The Kier molecular flexibility index (Phi) is 4.36. The van der Waals surface area contributed by atoms with E-state index in [1.54, 1.807) is 11.9 Å². The minimum atomic E-state index is -0.472. The number of carbonyl (C=O) groups is 1. The van der Waals surface area contributed by atoms with Crippen molar-refractivity contribution in [2.24, 2.45) is 0 Å². The van der Waals surface area contributed by atoms with Crippen molar-refractivity contribution in [1.82, 2.24) is 15.2 Å². The summed E-state index contributed by atoms with van der Waals surface area (Å²) in [7, 11) is 0. The highest BCUT2D eigenvalue weighted by molar-refractivity contribution is 5.79. The lowest BCUT2D eigenvalue weighted by Crippen LogP contribution is -2.35. The number of nitro groups is 1. The molecule has 8 nitrogen and oxygen atoms in total. The first kappa shape index (κ1) is 18.5. The number of rotatable bonds is 4. The molecule has 1 amide bonds. The van der Waals surface area contributed by atoms with Gasteiger partial charge in [0.05, 0.1) is 22.9 Å². The molecule has 3 heterocycles. The van der Waals surface area contributed by atoms with E-state index < -0.39 is 16.9 Å². The fourth-order valence-corrected chi connectivity index (χ4v) is 4.81. The molecule has 8 heteroatoms. The van der Waals surface area contributed by atoms with Crippen LogP contribution >= 0.6 is 0 Å². The summed E-state index contributed by atoms with van der Waals surface area (Å²) in [5.74, 6) is -0.255. The highest BCUT2D eigenvalue weighted by atomic mass is 16.6. The number of aromatic nitrogens is 1. The summed E-state index contributed by atoms with van der Waals surface area (Å²) < 4.78 is 5.59. The Morgan fingerprint density at radius 3 is 2.23 bits per heavy atom. The molecule has 2 aliphatic rings. The van der Waals surface area contributed by atoms with Crippen molar-refractivity contribution >= 4 is 11.6 Å². The normalized spacial score (nSPS) is 23.7. The predicted molar refractivity (Wildman–Crippen MR) is 107 cm³/mol. The van der Waals surface area contributed by atoms with E-state index in [1.165, 1.54) is 0 Å². The number of fused-ring (bicyclic) bond motifs is 1. The highest BCUT2D eigenvalue weighted by Gasteiger charge is 2.57. The third-order valence-electron chi connectivity index (χ3n) is 5.98. The number of aryl methyl sites for hydroxylation is 1. The number of amides is 1. The number of carbonyl (C=O) groups excluding carboxylic acids is 1. The van der Waals surface area contributed by atoms with E-state index in [0.29, 0.717) is 13.0 Å². The van der Waals surface area contributed by atoms with Crippen molar-refractivity contribution in [3.05, 3.63) is 93.4 Å². The van der Waals surface area contributed by atoms with E-state index >= 15 is 0 Å². The van der Waals surface area contributed by atoms with Gasteiger partial charge in [0, 0.05) is 13.0 Å². The largest absolute Gasteiger partial charge is 0.353 e. The molecule has 2 saturated heterocycles. The second-order valence-corrected chi connectivity index (χ2v) is 7.63. The van der Waals surface area contributed by atoms with E-state index in [2.05, 4.69) is 5.16 Å². The van der Waals surface area contributed by atoms with Crippen LogP contribution in [0.15, 0.2) is 65.2 Å². The fourth-order valence-electron chi connectivity index (χ4n) is 4.81. The van der Waals surface area contributed by atoms with Crippen LogP contribution in [0.3, 0.4) is 0 Å². The van der Waals surface area contributed by atoms with E-state index in [1.807, 2.05) is 65.7 Å². The van der Waals surface area contributed by atoms with Crippen molar-refractivity contribution in [1.29, 1.82) is 0 Å². The molecule has 2 aliphatic heterocycles. The molecular weight excluding hydrogens is 384 g/mol. The van der Waals surface area contributed by atoms with Gasteiger partial charge in [0.15, 0.2) is 5.69 Å². The Morgan fingerprint density at radius 1 is 1.03 bits per heavy atom. The van der Waals surface area contributed by atoms with Crippen LogP contribution in [-0.4, -0.2) is 32.5 Å². The van der Waals surface area contributed by atoms with Crippen molar-refractivity contribution < 1.29 is 14.2 Å². The van der Waals surface area contributed by atoms with Crippen LogP contribution in [0.2, 0.25) is 0 Å². The lowest BCUT2D eigenvalue weighted by atomic mass is 9.82. The fraction of sp³-hybridized carbons (Fsp3) is 0.273. The smallest absolute Gasteiger partial charge is 0.334 e. The quantitative estimate of drug-likeness (QED) is 0.483. The van der Waals surface area contributed by atoms with Gasteiger partial charge >= 0.3 is 5.69 Å². The van der Waals surface area contributed by atoms with Gasteiger partial charge < -0.3 is 4.52 Å². The van der Waals surface area contributed by atoms with Gasteiger partial charge in [-0.05, 0) is 18.1 Å². The zero-order valence-corrected chi connectivity index (χ0v) is 16.3. The molecule has 3 atom stereocenters. The number of benzene rings is 2. The van der Waals surface area contributed by atoms with Crippen molar-refractivity contribution in [3.63, 3.8) is 0 Å². The van der Waals surface area contributed by atoms with Gasteiger partial charge in [0.1, 0.15) is 0 Å². The zero-order chi connectivity index (χ0) is 20.8.